The van der Waals surface area contributed by atoms with Crippen LogP contribution in [0.1, 0.15) is 26.7 Å². The Morgan fingerprint density at radius 3 is 1.65 bits per heavy atom. The minimum absolute atomic E-state index is 0.359. The Morgan fingerprint density at radius 2 is 1.26 bits per heavy atom. The van der Waals surface area contributed by atoms with Gasteiger partial charge in [-0.3, -0.25) is 0 Å². The van der Waals surface area contributed by atoms with Crippen molar-refractivity contribution in [3.8, 4) is 0 Å². The average Bonchev–Trinajstić information content (AvgIpc) is 3.30. The van der Waals surface area contributed by atoms with Gasteiger partial charge in [-0.15, -0.1) is 47.0 Å². The fourth-order valence-electron chi connectivity index (χ4n) is 2.49. The maximum Gasteiger partial charge on any atom is 0.330 e. The van der Waals surface area contributed by atoms with E-state index in [4.69, 9.17) is 9.47 Å². The minimum Gasteiger partial charge on any atom is -0.457 e. The predicted octanol–water partition coefficient (Wildman–Crippen LogP) is 6.72. The van der Waals surface area contributed by atoms with Crippen molar-refractivity contribution in [2.45, 2.75) is 35.9 Å². The molecule has 2 aliphatic heterocycles. The minimum atomic E-state index is -0.366. The normalized spacial score (nSPS) is 20.8. The van der Waals surface area contributed by atoms with Gasteiger partial charge in [0.1, 0.15) is 13.2 Å². The highest BCUT2D eigenvalue weighted by Crippen LogP contribution is 2.48. The molecule has 0 radical (unpaired) electrons. The molecule has 0 bridgehead atoms. The molecule has 0 aliphatic carbocycles. The fraction of sp³-hybridized carbons (Fsp3) is 0.524. The van der Waals surface area contributed by atoms with Gasteiger partial charge in [-0.25, -0.2) is 9.59 Å². The number of carbonyl (C=O) groups is 2. The molecular weight excluding hydrogens is 509 g/mol. The number of esters is 2. The van der Waals surface area contributed by atoms with Gasteiger partial charge in [-0.05, 0) is 48.0 Å². The zero-order valence-corrected chi connectivity index (χ0v) is 22.7. The van der Waals surface area contributed by atoms with Crippen LogP contribution >= 0.6 is 70.6 Å². The van der Waals surface area contributed by atoms with E-state index in [1.54, 1.807) is 0 Å². The lowest BCUT2D eigenvalue weighted by Crippen LogP contribution is -2.03. The molecule has 0 aromatic rings. The fourth-order valence-corrected chi connectivity index (χ4v) is 11.2. The summed E-state index contributed by atoms with van der Waals surface area (Å²) in [7, 11) is 0. The highest BCUT2D eigenvalue weighted by Gasteiger charge is 2.25. The number of ether oxygens (including phenoxy) is 2. The van der Waals surface area contributed by atoms with Gasteiger partial charge in [-0.1, -0.05) is 13.2 Å². The molecule has 2 unspecified atom stereocenters. The van der Waals surface area contributed by atoms with Crippen LogP contribution < -0.4 is 0 Å². The second-order valence-electron chi connectivity index (χ2n) is 6.42. The molecule has 0 spiro atoms. The van der Waals surface area contributed by atoms with E-state index in [9.17, 15) is 9.59 Å². The van der Waals surface area contributed by atoms with Crippen LogP contribution in [0.3, 0.4) is 0 Å². The van der Waals surface area contributed by atoms with Crippen molar-refractivity contribution >= 4 is 82.5 Å². The first-order chi connectivity index (χ1) is 14.9. The Hall–Kier alpha value is -0.000000000000000222. The van der Waals surface area contributed by atoms with Crippen LogP contribution in [0.25, 0.3) is 0 Å². The number of carbonyl (C=O) groups excluding carboxylic acids is 2. The zero-order chi connectivity index (χ0) is 22.6. The topological polar surface area (TPSA) is 52.6 Å². The molecule has 4 nitrogen and oxygen atoms in total. The molecule has 0 saturated heterocycles. The van der Waals surface area contributed by atoms with E-state index >= 15 is 0 Å². The van der Waals surface area contributed by atoms with Crippen LogP contribution in [0.15, 0.2) is 44.9 Å². The molecule has 0 aromatic carbocycles. The molecular formula is C21H28O4S6. The van der Waals surface area contributed by atoms with Crippen LogP contribution in [0.2, 0.25) is 0 Å². The number of rotatable bonds is 14. The van der Waals surface area contributed by atoms with Crippen LogP contribution in [-0.2, 0) is 19.1 Å². The summed E-state index contributed by atoms with van der Waals surface area (Å²) in [5.41, 5.74) is 0. The number of thioether (sulfide) groups is 6. The van der Waals surface area contributed by atoms with Gasteiger partial charge in [0.2, 0.25) is 0 Å². The van der Waals surface area contributed by atoms with Crippen LogP contribution in [0.5, 0.6) is 0 Å². The summed E-state index contributed by atoms with van der Waals surface area (Å²) < 4.78 is 11.4. The monoisotopic (exact) mass is 536 g/mol. The van der Waals surface area contributed by atoms with Crippen molar-refractivity contribution in [1.82, 2.24) is 0 Å². The molecule has 2 aliphatic rings. The molecule has 0 N–H and O–H groups in total. The summed E-state index contributed by atoms with van der Waals surface area (Å²) in [5, 5.41) is 1.11. The SMILES string of the molecule is C=CC(=O)OCC1=C(C)SC(CCSCSCCC2SC(C)=C(COC(=O)C=C)S2)S1. The predicted molar refractivity (Wildman–Crippen MR) is 145 cm³/mol. The van der Waals surface area contributed by atoms with Crippen LogP contribution in [-0.4, -0.2) is 50.9 Å². The van der Waals surface area contributed by atoms with Crippen molar-refractivity contribution in [3.05, 3.63) is 44.9 Å². The van der Waals surface area contributed by atoms with Gasteiger partial charge >= 0.3 is 11.9 Å². The Bertz CT molecular complexity index is 673. The summed E-state index contributed by atoms with van der Waals surface area (Å²) in [6.07, 6.45) is 4.69. The standard InChI is InChI=1S/C21H28O4S6/c1-5-18(22)24-11-16-14(3)28-20(30-16)7-9-26-13-27-10-8-21-29-15(4)17(31-21)12-25-19(23)6-2/h5-6,20-21H,1-2,7-13H2,3-4H3. The lowest BCUT2D eigenvalue weighted by atomic mass is 10.5. The van der Waals surface area contributed by atoms with E-state index in [0.29, 0.717) is 22.4 Å². The summed E-state index contributed by atoms with van der Waals surface area (Å²) in [6.45, 7) is 11.8. The third-order valence-corrected chi connectivity index (χ3v) is 12.5. The maximum atomic E-state index is 11.2. The Kier molecular flexibility index (Phi) is 13.2. The lowest BCUT2D eigenvalue weighted by Gasteiger charge is -2.10. The zero-order valence-electron chi connectivity index (χ0n) is 17.8. The Morgan fingerprint density at radius 1 is 0.839 bits per heavy atom. The summed E-state index contributed by atoms with van der Waals surface area (Å²) in [6, 6.07) is 0. The summed E-state index contributed by atoms with van der Waals surface area (Å²) in [4.78, 5) is 27.3. The smallest absolute Gasteiger partial charge is 0.330 e. The van der Waals surface area contributed by atoms with E-state index in [2.05, 4.69) is 27.0 Å². The molecule has 0 aromatic heterocycles. The average molecular weight is 537 g/mol. The van der Waals surface area contributed by atoms with Crippen LogP contribution in [0.4, 0.5) is 0 Å². The van der Waals surface area contributed by atoms with E-state index < -0.39 is 0 Å². The third kappa shape index (κ3) is 10.2. The number of hydrogen-bond donors (Lipinski definition) is 0. The van der Waals surface area contributed by atoms with Gasteiger partial charge in [-0.2, -0.15) is 23.5 Å². The molecule has 31 heavy (non-hydrogen) atoms. The molecule has 2 heterocycles. The van der Waals surface area contributed by atoms with Gasteiger partial charge in [0.15, 0.2) is 0 Å². The molecule has 0 amide bonds. The molecule has 10 heteroatoms. The van der Waals surface area contributed by atoms with E-state index in [0.717, 1.165) is 29.4 Å². The van der Waals surface area contributed by atoms with Gasteiger partial charge in [0, 0.05) is 27.0 Å². The lowest BCUT2D eigenvalue weighted by molar-refractivity contribution is -0.137. The first-order valence-electron chi connectivity index (χ1n) is 9.73. The summed E-state index contributed by atoms with van der Waals surface area (Å²) >= 11 is 11.4. The van der Waals surface area contributed by atoms with Gasteiger partial charge in [0.25, 0.3) is 0 Å². The van der Waals surface area contributed by atoms with Crippen LogP contribution in [0, 0.1) is 0 Å². The van der Waals surface area contributed by atoms with E-state index in [1.165, 1.54) is 31.8 Å². The first kappa shape index (κ1) is 27.2. The molecule has 0 saturated carbocycles. The molecule has 2 atom stereocenters. The Balaban J connectivity index is 1.49. The van der Waals surface area contributed by atoms with Crippen molar-refractivity contribution in [2.24, 2.45) is 0 Å². The van der Waals surface area contributed by atoms with Gasteiger partial charge < -0.3 is 9.47 Å². The van der Waals surface area contributed by atoms with Crippen molar-refractivity contribution in [2.75, 3.05) is 29.8 Å². The Labute approximate surface area is 211 Å². The summed E-state index contributed by atoms with van der Waals surface area (Å²) in [5.74, 6) is 1.54. The van der Waals surface area contributed by atoms with Crippen molar-refractivity contribution < 1.29 is 19.1 Å². The van der Waals surface area contributed by atoms with Gasteiger partial charge in [0.05, 0.1) is 9.16 Å². The largest absolute Gasteiger partial charge is 0.457 e. The molecule has 0 fully saturated rings. The third-order valence-electron chi connectivity index (χ3n) is 4.14. The second kappa shape index (κ2) is 15.0. The quantitative estimate of drug-likeness (QED) is 0.103. The highest BCUT2D eigenvalue weighted by atomic mass is 32.2. The maximum absolute atomic E-state index is 11.2. The second-order valence-corrected chi connectivity index (χ2v) is 15.0. The highest BCUT2D eigenvalue weighted by molar-refractivity contribution is 8.24. The van der Waals surface area contributed by atoms with Crippen molar-refractivity contribution in [3.63, 3.8) is 0 Å². The van der Waals surface area contributed by atoms with E-state index in [1.807, 2.05) is 70.6 Å². The molecule has 172 valence electrons. The van der Waals surface area contributed by atoms with Crippen molar-refractivity contribution in [1.29, 1.82) is 0 Å². The molecule has 2 rings (SSSR count). The number of allylic oxidation sites excluding steroid dienone is 2. The first-order valence-corrected chi connectivity index (χ1v) is 15.6. The number of hydrogen-bond acceptors (Lipinski definition) is 10. The van der Waals surface area contributed by atoms with E-state index in [-0.39, 0.29) is 11.9 Å².